The van der Waals surface area contributed by atoms with Crippen molar-refractivity contribution in [1.82, 2.24) is 15.1 Å². The summed E-state index contributed by atoms with van der Waals surface area (Å²) in [5, 5.41) is -0.256. The van der Waals surface area contributed by atoms with Gasteiger partial charge in [0.25, 0.3) is 5.91 Å². The fraction of sp³-hybridized carbons (Fsp3) is 0.400. The Labute approximate surface area is 199 Å². The maximum absolute atomic E-state index is 13.2. The van der Waals surface area contributed by atoms with Gasteiger partial charge in [-0.15, -0.1) is 0 Å². The Balaban J connectivity index is 1.32. The van der Waals surface area contributed by atoms with Gasteiger partial charge in [-0.25, -0.2) is 0 Å². The standard InChI is InChI=1S/C25H27N3O5/c29-23-9-8-21(24(30)26-23)28-15-20-19(25(28)31)2-1-3-22(20)33-16-18-6-4-17(5-7-18)14-27-10-12-32-13-11-27/h1-7,21H,8-16H2,(H,26,29,30)/i8D,9D2,21D/hD. The van der Waals surface area contributed by atoms with Crippen LogP contribution in [0.25, 0.3) is 0 Å². The van der Waals surface area contributed by atoms with Crippen LogP contribution in [-0.2, 0) is 34.0 Å². The highest BCUT2D eigenvalue weighted by molar-refractivity contribution is 6.05. The van der Waals surface area contributed by atoms with E-state index in [1.54, 1.807) is 12.1 Å². The minimum absolute atomic E-state index is 0.156. The van der Waals surface area contributed by atoms with Crippen LogP contribution in [0.1, 0.15) is 45.3 Å². The molecule has 2 aromatic rings. The van der Waals surface area contributed by atoms with E-state index in [1.165, 1.54) is 11.6 Å². The van der Waals surface area contributed by atoms with Gasteiger partial charge in [-0.1, -0.05) is 30.3 Å². The molecule has 33 heavy (non-hydrogen) atoms. The number of nitrogens with zero attached hydrogens (tertiary/aromatic N) is 2. The number of fused-ring (bicyclic) bond motifs is 1. The number of morpholine rings is 1. The van der Waals surface area contributed by atoms with Crippen LogP contribution in [0.3, 0.4) is 0 Å². The van der Waals surface area contributed by atoms with E-state index >= 15 is 0 Å². The first-order valence-electron chi connectivity index (χ1n) is 13.3. The van der Waals surface area contributed by atoms with E-state index in [0.29, 0.717) is 11.3 Å². The first-order chi connectivity index (χ1) is 18.0. The summed E-state index contributed by atoms with van der Waals surface area (Å²) in [4.78, 5) is 41.2. The molecule has 0 saturated carbocycles. The lowest BCUT2D eigenvalue weighted by Crippen LogP contribution is -2.52. The van der Waals surface area contributed by atoms with Crippen LogP contribution in [-0.4, -0.2) is 59.8 Å². The van der Waals surface area contributed by atoms with Crippen molar-refractivity contribution in [3.05, 3.63) is 64.7 Å². The largest absolute Gasteiger partial charge is 0.489 e. The molecular weight excluding hydrogens is 422 g/mol. The molecule has 2 saturated heterocycles. The maximum atomic E-state index is 13.2. The number of benzene rings is 2. The number of nitrogens with one attached hydrogen (secondary N) is 1. The Morgan fingerprint density at radius 1 is 1.12 bits per heavy atom. The molecule has 172 valence electrons. The molecule has 5 rings (SSSR count). The van der Waals surface area contributed by atoms with Crippen molar-refractivity contribution in [2.24, 2.45) is 0 Å². The monoisotopic (exact) mass is 454 g/mol. The summed E-state index contributed by atoms with van der Waals surface area (Å²) in [6.07, 6.45) is -5.24. The average Bonchev–Trinajstić information content (AvgIpc) is 3.27. The summed E-state index contributed by atoms with van der Waals surface area (Å²) < 4.78 is 51.8. The summed E-state index contributed by atoms with van der Waals surface area (Å²) >= 11 is 0. The zero-order valence-corrected chi connectivity index (χ0v) is 18.0. The fourth-order valence-electron chi connectivity index (χ4n) is 4.12. The van der Waals surface area contributed by atoms with E-state index in [0.717, 1.165) is 43.3 Å². The summed E-state index contributed by atoms with van der Waals surface area (Å²) in [6.45, 7) is 3.99. The Bertz CT molecular complexity index is 1270. The van der Waals surface area contributed by atoms with Crippen LogP contribution in [0.4, 0.5) is 0 Å². The van der Waals surface area contributed by atoms with Crippen LogP contribution in [0.15, 0.2) is 42.5 Å². The number of carbonyl (C=O) groups is 3. The van der Waals surface area contributed by atoms with E-state index in [-0.39, 0.29) is 24.0 Å². The molecule has 3 aliphatic heterocycles. The Kier molecular flexibility index (Phi) is 4.63. The second kappa shape index (κ2) is 9.33. The van der Waals surface area contributed by atoms with Crippen molar-refractivity contribution in [2.75, 3.05) is 26.3 Å². The third-order valence-electron chi connectivity index (χ3n) is 5.90. The number of imide groups is 1. The SMILES string of the molecule is [2H]C1C([2H])([2H])C(=O)N([2H])C(=O)C1([2H])N1Cc2c(OCc3ccc(CN4CCOCC4)cc3)cccc2C1=O. The molecule has 0 spiro atoms. The Morgan fingerprint density at radius 2 is 1.88 bits per heavy atom. The van der Waals surface area contributed by atoms with Gasteiger partial charge >= 0.3 is 0 Å². The molecule has 3 aliphatic rings. The third-order valence-corrected chi connectivity index (χ3v) is 5.90. The van der Waals surface area contributed by atoms with Crippen molar-refractivity contribution in [1.29, 1.82) is 0 Å². The smallest absolute Gasteiger partial charge is 0.255 e. The number of hydrogen-bond acceptors (Lipinski definition) is 6. The minimum atomic E-state index is -3.00. The summed E-state index contributed by atoms with van der Waals surface area (Å²) in [5.41, 5.74) is 2.62. The van der Waals surface area contributed by atoms with Gasteiger partial charge in [-0.05, 0) is 29.7 Å². The van der Waals surface area contributed by atoms with Crippen LogP contribution in [0, 0.1) is 0 Å². The lowest BCUT2D eigenvalue weighted by atomic mass is 10.0. The van der Waals surface area contributed by atoms with Gasteiger partial charge < -0.3 is 14.4 Å². The van der Waals surface area contributed by atoms with Crippen molar-refractivity contribution in [3.63, 3.8) is 0 Å². The molecule has 8 heteroatoms. The molecule has 1 N–H and O–H groups in total. The summed E-state index contributed by atoms with van der Waals surface area (Å²) in [7, 11) is 0. The molecule has 0 aliphatic carbocycles. The number of piperidine rings is 1. The van der Waals surface area contributed by atoms with Crippen LogP contribution in [0.5, 0.6) is 5.75 Å². The molecule has 0 aromatic heterocycles. The lowest BCUT2D eigenvalue weighted by Gasteiger charge is -2.29. The quantitative estimate of drug-likeness (QED) is 0.671. The molecule has 8 nitrogen and oxygen atoms in total. The second-order valence-corrected chi connectivity index (χ2v) is 8.06. The number of amides is 3. The van der Waals surface area contributed by atoms with Crippen molar-refractivity contribution in [3.8, 4) is 5.75 Å². The van der Waals surface area contributed by atoms with Gasteiger partial charge in [-0.3, -0.25) is 24.6 Å². The minimum Gasteiger partial charge on any atom is -0.489 e. The number of carbonyl (C=O) groups excluding carboxylic acids is 3. The van der Waals surface area contributed by atoms with E-state index in [1.807, 2.05) is 24.3 Å². The first kappa shape index (κ1) is 16.4. The van der Waals surface area contributed by atoms with Gasteiger partial charge in [0, 0.05) is 41.2 Å². The van der Waals surface area contributed by atoms with Crippen LogP contribution < -0.4 is 10.0 Å². The predicted octanol–water partition coefficient (Wildman–Crippen LogP) is 1.86. The predicted molar refractivity (Wildman–Crippen MR) is 119 cm³/mol. The Morgan fingerprint density at radius 3 is 2.67 bits per heavy atom. The molecule has 2 aromatic carbocycles. The highest BCUT2D eigenvalue weighted by Crippen LogP contribution is 2.34. The molecule has 2 unspecified atom stereocenters. The molecule has 0 radical (unpaired) electrons. The van der Waals surface area contributed by atoms with Gasteiger partial charge in [0.05, 0.1) is 21.1 Å². The molecule has 3 heterocycles. The second-order valence-electron chi connectivity index (χ2n) is 8.06. The summed E-state index contributed by atoms with van der Waals surface area (Å²) in [6, 6.07) is 9.93. The number of hydrogen-bond donors (Lipinski definition) is 1. The highest BCUT2D eigenvalue weighted by atomic mass is 16.5. The van der Waals surface area contributed by atoms with Crippen LogP contribution in [0.2, 0.25) is 1.41 Å². The van der Waals surface area contributed by atoms with Crippen molar-refractivity contribution >= 4 is 17.7 Å². The van der Waals surface area contributed by atoms with Gasteiger partial charge in [0.2, 0.25) is 11.8 Å². The van der Waals surface area contributed by atoms with E-state index in [4.69, 9.17) is 16.4 Å². The Hall–Kier alpha value is -3.23. The fourth-order valence-corrected chi connectivity index (χ4v) is 4.12. The maximum Gasteiger partial charge on any atom is 0.255 e. The summed E-state index contributed by atoms with van der Waals surface area (Å²) in [5.74, 6) is -3.39. The average molecular weight is 455 g/mol. The van der Waals surface area contributed by atoms with Crippen molar-refractivity contribution < 1.29 is 30.8 Å². The molecular formula is C25H27N3O5. The number of ether oxygens (including phenoxy) is 2. The molecule has 2 fully saturated rings. The van der Waals surface area contributed by atoms with Crippen molar-refractivity contribution in [2.45, 2.75) is 38.5 Å². The highest BCUT2D eigenvalue weighted by Gasteiger charge is 2.40. The van der Waals surface area contributed by atoms with Gasteiger partial charge in [0.15, 0.2) is 1.41 Å². The van der Waals surface area contributed by atoms with Gasteiger partial charge in [-0.2, -0.15) is 0 Å². The zero-order chi connectivity index (χ0) is 27.2. The van der Waals surface area contributed by atoms with Crippen LogP contribution >= 0.6 is 0 Å². The molecule has 3 amide bonds. The van der Waals surface area contributed by atoms with E-state index in [2.05, 4.69) is 4.90 Å². The van der Waals surface area contributed by atoms with E-state index < -0.39 is 36.5 Å². The molecule has 2 atom stereocenters. The number of rotatable bonds is 6. The lowest BCUT2D eigenvalue weighted by molar-refractivity contribution is -0.136. The molecule has 0 bridgehead atoms. The normalized spacial score (nSPS) is 29.6. The van der Waals surface area contributed by atoms with E-state index in [9.17, 15) is 14.4 Å². The first-order valence-corrected chi connectivity index (χ1v) is 10.8. The third kappa shape index (κ3) is 4.62. The topological polar surface area (TPSA) is 88.2 Å². The van der Waals surface area contributed by atoms with Gasteiger partial charge in [0.1, 0.15) is 18.4 Å². The zero-order valence-electron chi connectivity index (χ0n) is 23.0.